The van der Waals surface area contributed by atoms with E-state index < -0.39 is 52.6 Å². The van der Waals surface area contributed by atoms with Crippen LogP contribution in [-0.4, -0.2) is 57.6 Å². The highest BCUT2D eigenvalue weighted by molar-refractivity contribution is 7.90. The maximum atomic E-state index is 12.6. The summed E-state index contributed by atoms with van der Waals surface area (Å²) in [6.07, 6.45) is 1.31. The van der Waals surface area contributed by atoms with Gasteiger partial charge in [-0.3, -0.25) is 0 Å². The minimum atomic E-state index is -4.07. The van der Waals surface area contributed by atoms with Crippen molar-refractivity contribution < 1.29 is 36.9 Å². The number of nitrogens with one attached hydrogen (secondary N) is 1. The van der Waals surface area contributed by atoms with E-state index in [1.807, 2.05) is 4.72 Å². The van der Waals surface area contributed by atoms with Crippen molar-refractivity contribution in [3.8, 4) is 0 Å². The van der Waals surface area contributed by atoms with Crippen molar-refractivity contribution in [3.63, 3.8) is 0 Å². The Balaban J connectivity index is 1.59. The third-order valence-corrected chi connectivity index (χ3v) is 7.41. The van der Waals surface area contributed by atoms with Gasteiger partial charge in [-0.05, 0) is 45.7 Å². The number of carbonyl (C=O) groups excluding carboxylic acids is 1. The van der Waals surface area contributed by atoms with Gasteiger partial charge >= 0.3 is 6.09 Å². The summed E-state index contributed by atoms with van der Waals surface area (Å²) < 4.78 is 56.5. The molecule has 2 aliphatic rings. The van der Waals surface area contributed by atoms with E-state index >= 15 is 0 Å². The summed E-state index contributed by atoms with van der Waals surface area (Å²) in [5.41, 5.74) is 0.520. The number of unbranched alkanes of at least 4 members (excludes halogenated alkanes) is 4. The second-order valence-electron chi connectivity index (χ2n) is 9.30. The number of amides is 1. The van der Waals surface area contributed by atoms with Crippen LogP contribution in [0.25, 0.3) is 0 Å². The summed E-state index contributed by atoms with van der Waals surface area (Å²) in [6, 6.07) is 6.38. The molecule has 1 amide bonds. The Labute approximate surface area is 202 Å². The van der Waals surface area contributed by atoms with Crippen LogP contribution in [0.3, 0.4) is 0 Å². The molecule has 0 aromatic heterocycles. The average molecular weight is 500 g/mol. The molecule has 0 radical (unpaired) electrons. The van der Waals surface area contributed by atoms with Crippen molar-refractivity contribution in [2.75, 3.05) is 6.61 Å². The molecule has 2 aliphatic heterocycles. The maximum absolute atomic E-state index is 12.6. The fourth-order valence-electron chi connectivity index (χ4n) is 4.29. The molecular formula is C24H37NO8S. The Hall–Kier alpha value is -1.72. The molecule has 0 unspecified atom stereocenters. The quantitative estimate of drug-likeness (QED) is 0.455. The third kappa shape index (κ3) is 6.69. The van der Waals surface area contributed by atoms with Crippen molar-refractivity contribution in [3.05, 3.63) is 29.8 Å². The minimum absolute atomic E-state index is 0.0125. The van der Waals surface area contributed by atoms with E-state index in [2.05, 4.69) is 6.92 Å². The molecule has 0 saturated carbocycles. The molecule has 2 fully saturated rings. The summed E-state index contributed by atoms with van der Waals surface area (Å²) in [5.74, 6) is -0.837. The van der Waals surface area contributed by atoms with Gasteiger partial charge in [0.05, 0.1) is 4.90 Å². The Morgan fingerprint density at radius 2 is 1.79 bits per heavy atom. The largest absolute Gasteiger partial charge is 0.443 e. The Morgan fingerprint density at radius 1 is 1.12 bits per heavy atom. The van der Waals surface area contributed by atoms with Gasteiger partial charge in [-0.1, -0.05) is 50.8 Å². The number of benzene rings is 1. The van der Waals surface area contributed by atoms with Gasteiger partial charge in [-0.2, -0.15) is 0 Å². The lowest BCUT2D eigenvalue weighted by Crippen LogP contribution is -2.42. The summed E-state index contributed by atoms with van der Waals surface area (Å²) in [4.78, 5) is 12.4. The van der Waals surface area contributed by atoms with E-state index in [1.165, 1.54) is 18.9 Å². The van der Waals surface area contributed by atoms with Crippen molar-refractivity contribution in [1.82, 2.24) is 4.72 Å². The number of hydrogen-bond acceptors (Lipinski definition) is 8. The molecule has 1 aromatic rings. The fourth-order valence-corrected chi connectivity index (χ4v) is 5.42. The molecule has 192 valence electrons. The normalized spacial score (nSPS) is 26.7. The molecule has 0 spiro atoms. The second kappa shape index (κ2) is 11.3. The number of hydrogen-bond donors (Lipinski definition) is 1. The maximum Gasteiger partial charge on any atom is 0.421 e. The Kier molecular flexibility index (Phi) is 8.97. The molecule has 34 heavy (non-hydrogen) atoms. The molecular weight excluding hydrogens is 462 g/mol. The van der Waals surface area contributed by atoms with Gasteiger partial charge in [0, 0.05) is 6.61 Å². The molecule has 2 saturated heterocycles. The standard InChI is InChI=1S/C24H37NO8S/c1-6-7-8-9-12-15-29-22-21-20(32-24(4,5)33-21)19(31-22)17(3)30-23(26)25-34(27,28)18-14-11-10-13-16(18)2/h10-11,13-14,17,19-22H,6-9,12,15H2,1-5H3,(H,25,26)/t17-,19-,20+,21+,22+/m1/s1. The zero-order valence-corrected chi connectivity index (χ0v) is 21.4. The number of rotatable bonds is 11. The monoisotopic (exact) mass is 499 g/mol. The molecule has 10 heteroatoms. The van der Waals surface area contributed by atoms with Crippen LogP contribution >= 0.6 is 0 Å². The first-order valence-electron chi connectivity index (χ1n) is 12.0. The van der Waals surface area contributed by atoms with Crippen LogP contribution in [0.1, 0.15) is 65.4 Å². The van der Waals surface area contributed by atoms with Crippen LogP contribution in [0, 0.1) is 6.92 Å². The first-order valence-corrected chi connectivity index (χ1v) is 13.4. The highest BCUT2D eigenvalue weighted by atomic mass is 32.2. The summed E-state index contributed by atoms with van der Waals surface area (Å²) in [6.45, 7) is 9.58. The van der Waals surface area contributed by atoms with Gasteiger partial charge in [-0.15, -0.1) is 0 Å². The van der Waals surface area contributed by atoms with Crippen LogP contribution in [0.5, 0.6) is 0 Å². The van der Waals surface area contributed by atoms with E-state index in [4.69, 9.17) is 23.7 Å². The SMILES string of the molecule is CCCCCCCO[C@H]1O[C@H]([C@@H](C)OC(=O)NS(=O)(=O)c2ccccc2C)[C@@H]2OC(C)(C)O[C@H]12. The number of ether oxygens (including phenoxy) is 5. The minimum Gasteiger partial charge on any atom is -0.443 e. The molecule has 2 heterocycles. The van der Waals surface area contributed by atoms with E-state index in [9.17, 15) is 13.2 Å². The molecule has 1 aromatic carbocycles. The Bertz CT molecular complexity index is 935. The van der Waals surface area contributed by atoms with Gasteiger partial charge in [-0.25, -0.2) is 17.9 Å². The summed E-state index contributed by atoms with van der Waals surface area (Å²) >= 11 is 0. The second-order valence-corrected chi connectivity index (χ2v) is 11.0. The van der Waals surface area contributed by atoms with Crippen LogP contribution < -0.4 is 4.72 Å². The van der Waals surface area contributed by atoms with Crippen molar-refractivity contribution in [1.29, 1.82) is 0 Å². The van der Waals surface area contributed by atoms with Crippen LogP contribution in [0.15, 0.2) is 29.2 Å². The van der Waals surface area contributed by atoms with Crippen LogP contribution in [0.2, 0.25) is 0 Å². The zero-order valence-electron chi connectivity index (χ0n) is 20.6. The van der Waals surface area contributed by atoms with Gasteiger partial charge in [0.25, 0.3) is 10.0 Å². The third-order valence-electron chi connectivity index (χ3n) is 5.93. The Morgan fingerprint density at radius 3 is 2.50 bits per heavy atom. The molecule has 0 bridgehead atoms. The zero-order chi connectivity index (χ0) is 24.9. The number of fused-ring (bicyclic) bond motifs is 1. The topological polar surface area (TPSA) is 109 Å². The number of carbonyl (C=O) groups is 1. The fraction of sp³-hybridized carbons (Fsp3) is 0.708. The molecule has 3 rings (SSSR count). The highest BCUT2D eigenvalue weighted by Crippen LogP contribution is 2.40. The first-order chi connectivity index (χ1) is 16.0. The van der Waals surface area contributed by atoms with Crippen molar-refractivity contribution in [2.24, 2.45) is 0 Å². The first kappa shape index (κ1) is 26.9. The average Bonchev–Trinajstić information content (AvgIpc) is 3.23. The van der Waals surface area contributed by atoms with Crippen LogP contribution in [0.4, 0.5) is 4.79 Å². The summed E-state index contributed by atoms with van der Waals surface area (Å²) in [7, 11) is -4.07. The predicted octanol–water partition coefficient (Wildman–Crippen LogP) is 4.03. The van der Waals surface area contributed by atoms with E-state index in [1.54, 1.807) is 45.9 Å². The predicted molar refractivity (Wildman–Crippen MR) is 125 cm³/mol. The lowest BCUT2D eigenvalue weighted by atomic mass is 10.1. The molecule has 1 N–H and O–H groups in total. The van der Waals surface area contributed by atoms with Crippen molar-refractivity contribution >= 4 is 16.1 Å². The lowest BCUT2D eigenvalue weighted by molar-refractivity contribution is -0.241. The van der Waals surface area contributed by atoms with Gasteiger partial charge in [0.1, 0.15) is 24.4 Å². The lowest BCUT2D eigenvalue weighted by Gasteiger charge is -2.27. The molecule has 5 atom stereocenters. The van der Waals surface area contributed by atoms with Gasteiger partial charge in [0.2, 0.25) is 0 Å². The van der Waals surface area contributed by atoms with E-state index in [0.717, 1.165) is 19.3 Å². The number of aryl methyl sites for hydroxylation is 1. The van der Waals surface area contributed by atoms with Crippen LogP contribution in [-0.2, 0) is 33.7 Å². The number of sulfonamides is 1. The summed E-state index contributed by atoms with van der Waals surface area (Å²) in [5, 5.41) is 0. The molecule has 9 nitrogen and oxygen atoms in total. The van der Waals surface area contributed by atoms with Gasteiger partial charge < -0.3 is 23.7 Å². The van der Waals surface area contributed by atoms with Crippen molar-refractivity contribution in [2.45, 2.75) is 108 Å². The van der Waals surface area contributed by atoms with E-state index in [-0.39, 0.29) is 4.90 Å². The van der Waals surface area contributed by atoms with E-state index in [0.29, 0.717) is 12.2 Å². The highest BCUT2D eigenvalue weighted by Gasteiger charge is 2.57. The smallest absolute Gasteiger partial charge is 0.421 e. The molecule has 0 aliphatic carbocycles. The van der Waals surface area contributed by atoms with Gasteiger partial charge in [0.15, 0.2) is 12.1 Å².